The molecule has 5 nitrogen and oxygen atoms in total. The summed E-state index contributed by atoms with van der Waals surface area (Å²) in [4.78, 5) is 9.64. The van der Waals surface area contributed by atoms with Crippen LogP contribution < -0.4 is 16.6 Å². The van der Waals surface area contributed by atoms with E-state index in [0.717, 1.165) is 12.2 Å². The van der Waals surface area contributed by atoms with Crippen LogP contribution in [-0.4, -0.2) is 9.97 Å². The van der Waals surface area contributed by atoms with Crippen LogP contribution in [0.2, 0.25) is 0 Å². The van der Waals surface area contributed by atoms with E-state index < -0.39 is 0 Å². The Balaban J connectivity index is 2.13. The number of hydrogen-bond donors (Lipinski definition) is 3. The topological polar surface area (TPSA) is 75.9 Å². The Morgan fingerprint density at radius 2 is 2.24 bits per heavy atom. The monoisotopic (exact) mass is 249 g/mol. The van der Waals surface area contributed by atoms with E-state index in [-0.39, 0.29) is 6.04 Å². The number of thiophene rings is 1. The molecule has 0 aliphatic heterocycles. The fraction of sp³-hybridized carbons (Fsp3) is 0.273. The van der Waals surface area contributed by atoms with Gasteiger partial charge in [-0.15, -0.1) is 11.3 Å². The fourth-order valence-electron chi connectivity index (χ4n) is 1.55. The van der Waals surface area contributed by atoms with Gasteiger partial charge in [0.2, 0.25) is 0 Å². The highest BCUT2D eigenvalue weighted by molar-refractivity contribution is 7.10. The zero-order valence-electron chi connectivity index (χ0n) is 9.55. The van der Waals surface area contributed by atoms with Crippen molar-refractivity contribution in [3.63, 3.8) is 0 Å². The minimum Gasteiger partial charge on any atom is -0.361 e. The number of nitrogens with zero attached hydrogens (tertiary/aromatic N) is 2. The van der Waals surface area contributed by atoms with Crippen molar-refractivity contribution in [2.24, 2.45) is 5.84 Å². The van der Waals surface area contributed by atoms with Gasteiger partial charge in [-0.25, -0.2) is 10.8 Å². The Kier molecular flexibility index (Phi) is 3.89. The minimum atomic E-state index is 0.261. The van der Waals surface area contributed by atoms with E-state index >= 15 is 0 Å². The summed E-state index contributed by atoms with van der Waals surface area (Å²) in [5.41, 5.74) is 2.48. The Bertz CT molecular complexity index is 457. The van der Waals surface area contributed by atoms with E-state index in [1.165, 1.54) is 4.88 Å². The Morgan fingerprint density at radius 3 is 2.88 bits per heavy atom. The molecule has 2 rings (SSSR count). The number of aromatic nitrogens is 2. The van der Waals surface area contributed by atoms with Crippen molar-refractivity contribution in [3.05, 3.63) is 34.8 Å². The van der Waals surface area contributed by atoms with Crippen LogP contribution in [0.25, 0.3) is 0 Å². The zero-order chi connectivity index (χ0) is 12.1. The second kappa shape index (κ2) is 5.60. The quantitative estimate of drug-likeness (QED) is 0.560. The summed E-state index contributed by atoms with van der Waals surface area (Å²) in [7, 11) is 0. The molecule has 0 bridgehead atoms. The maximum Gasteiger partial charge on any atom is 0.160 e. The molecule has 4 N–H and O–H groups in total. The molecule has 2 heterocycles. The van der Waals surface area contributed by atoms with Crippen LogP contribution in [0.15, 0.2) is 29.9 Å². The zero-order valence-corrected chi connectivity index (χ0v) is 10.4. The summed E-state index contributed by atoms with van der Waals surface area (Å²) in [6, 6.07) is 4.43. The molecule has 0 fully saturated rings. The van der Waals surface area contributed by atoms with Gasteiger partial charge >= 0.3 is 0 Å². The molecule has 0 aliphatic rings. The number of anilines is 2. The van der Waals surface area contributed by atoms with E-state index in [9.17, 15) is 0 Å². The molecule has 0 radical (unpaired) electrons. The molecule has 1 unspecified atom stereocenters. The summed E-state index contributed by atoms with van der Waals surface area (Å²) in [5, 5.41) is 5.42. The smallest absolute Gasteiger partial charge is 0.160 e. The SMILES string of the molecule is CCC(Nc1cncc(NN)n1)c1cccs1. The summed E-state index contributed by atoms with van der Waals surface area (Å²) in [6.07, 6.45) is 4.26. The fourth-order valence-corrected chi connectivity index (χ4v) is 2.41. The first-order valence-corrected chi connectivity index (χ1v) is 6.30. The third-order valence-corrected chi connectivity index (χ3v) is 3.39. The highest BCUT2D eigenvalue weighted by Gasteiger charge is 2.10. The number of nitrogens with one attached hydrogen (secondary N) is 2. The lowest BCUT2D eigenvalue weighted by Gasteiger charge is -2.16. The van der Waals surface area contributed by atoms with Gasteiger partial charge in [-0.3, -0.25) is 4.98 Å². The van der Waals surface area contributed by atoms with Crippen molar-refractivity contribution in [3.8, 4) is 0 Å². The Labute approximate surface area is 104 Å². The Morgan fingerprint density at radius 1 is 1.41 bits per heavy atom. The van der Waals surface area contributed by atoms with Crippen LogP contribution in [0.5, 0.6) is 0 Å². The van der Waals surface area contributed by atoms with Crippen LogP contribution in [-0.2, 0) is 0 Å². The molecule has 0 saturated heterocycles. The molecule has 0 saturated carbocycles. The number of rotatable bonds is 5. The third kappa shape index (κ3) is 2.92. The predicted molar refractivity (Wildman–Crippen MR) is 70.8 cm³/mol. The van der Waals surface area contributed by atoms with Crippen molar-refractivity contribution < 1.29 is 0 Å². The number of hydrazine groups is 1. The molecular weight excluding hydrogens is 234 g/mol. The molecular formula is C11H15N5S. The van der Waals surface area contributed by atoms with Gasteiger partial charge in [-0.1, -0.05) is 13.0 Å². The van der Waals surface area contributed by atoms with Crippen molar-refractivity contribution in [1.29, 1.82) is 0 Å². The summed E-state index contributed by atoms with van der Waals surface area (Å²) in [6.45, 7) is 2.13. The number of hydrogen-bond acceptors (Lipinski definition) is 6. The highest BCUT2D eigenvalue weighted by atomic mass is 32.1. The van der Waals surface area contributed by atoms with Gasteiger partial charge in [0, 0.05) is 4.88 Å². The van der Waals surface area contributed by atoms with E-state index in [2.05, 4.69) is 39.1 Å². The predicted octanol–water partition coefficient (Wildman–Crippen LogP) is 2.39. The molecule has 17 heavy (non-hydrogen) atoms. The third-order valence-electron chi connectivity index (χ3n) is 2.40. The molecule has 0 amide bonds. The van der Waals surface area contributed by atoms with E-state index in [0.29, 0.717) is 5.82 Å². The Hall–Kier alpha value is -1.66. The van der Waals surface area contributed by atoms with Gasteiger partial charge in [0.1, 0.15) is 5.82 Å². The van der Waals surface area contributed by atoms with Crippen molar-refractivity contribution in [2.75, 3.05) is 10.7 Å². The molecule has 6 heteroatoms. The van der Waals surface area contributed by atoms with E-state index in [4.69, 9.17) is 5.84 Å². The maximum absolute atomic E-state index is 5.30. The summed E-state index contributed by atoms with van der Waals surface area (Å²) in [5.74, 6) is 6.57. The van der Waals surface area contributed by atoms with Crippen LogP contribution in [0, 0.1) is 0 Å². The molecule has 2 aromatic rings. The lowest BCUT2D eigenvalue weighted by Crippen LogP contribution is -2.13. The summed E-state index contributed by atoms with van der Waals surface area (Å²) < 4.78 is 0. The molecule has 1 atom stereocenters. The molecule has 90 valence electrons. The number of nitrogens with two attached hydrogens (primary N) is 1. The van der Waals surface area contributed by atoms with E-state index in [1.54, 1.807) is 23.7 Å². The second-order valence-corrected chi connectivity index (χ2v) is 4.53. The van der Waals surface area contributed by atoms with Crippen LogP contribution in [0.1, 0.15) is 24.3 Å². The van der Waals surface area contributed by atoms with Crippen LogP contribution in [0.3, 0.4) is 0 Å². The van der Waals surface area contributed by atoms with Crippen molar-refractivity contribution >= 4 is 23.0 Å². The molecule has 2 aromatic heterocycles. The summed E-state index contributed by atoms with van der Waals surface area (Å²) >= 11 is 1.73. The first-order chi connectivity index (χ1) is 8.33. The average molecular weight is 249 g/mol. The lowest BCUT2D eigenvalue weighted by atomic mass is 10.2. The van der Waals surface area contributed by atoms with Crippen LogP contribution >= 0.6 is 11.3 Å². The van der Waals surface area contributed by atoms with Crippen molar-refractivity contribution in [2.45, 2.75) is 19.4 Å². The van der Waals surface area contributed by atoms with Gasteiger partial charge in [-0.2, -0.15) is 0 Å². The van der Waals surface area contributed by atoms with Gasteiger partial charge < -0.3 is 10.7 Å². The van der Waals surface area contributed by atoms with Crippen molar-refractivity contribution in [1.82, 2.24) is 9.97 Å². The first-order valence-electron chi connectivity index (χ1n) is 5.42. The molecule has 0 aromatic carbocycles. The molecule has 0 aliphatic carbocycles. The van der Waals surface area contributed by atoms with Gasteiger partial charge in [0.15, 0.2) is 5.82 Å². The van der Waals surface area contributed by atoms with Gasteiger partial charge in [0.05, 0.1) is 18.4 Å². The number of nitrogen functional groups attached to an aromatic ring is 1. The second-order valence-electron chi connectivity index (χ2n) is 3.55. The minimum absolute atomic E-state index is 0.261. The average Bonchev–Trinajstić information content (AvgIpc) is 2.90. The van der Waals surface area contributed by atoms with Gasteiger partial charge in [0.25, 0.3) is 0 Å². The van der Waals surface area contributed by atoms with Gasteiger partial charge in [-0.05, 0) is 17.9 Å². The standard InChI is InChI=1S/C11H15N5S/c1-2-8(9-4-3-5-17-9)14-10-6-13-7-11(15-10)16-12/h3-8H,2,12H2,1H3,(H2,14,15,16). The lowest BCUT2D eigenvalue weighted by molar-refractivity contribution is 0.758. The normalized spacial score (nSPS) is 12.1. The first kappa shape index (κ1) is 11.8. The van der Waals surface area contributed by atoms with E-state index in [1.807, 2.05) is 6.07 Å². The largest absolute Gasteiger partial charge is 0.361 e. The highest BCUT2D eigenvalue weighted by Crippen LogP contribution is 2.25. The van der Waals surface area contributed by atoms with Crippen LogP contribution in [0.4, 0.5) is 11.6 Å². The maximum atomic E-state index is 5.30. The molecule has 0 spiro atoms.